The number of aryl methyl sites for hydroxylation is 1. The monoisotopic (exact) mass is 505 g/mol. The smallest absolute Gasteiger partial charge is 0.338 e. The molecule has 0 fully saturated rings. The molecule has 0 bridgehead atoms. The second-order valence-corrected chi connectivity index (χ2v) is 10.5. The fourth-order valence-corrected chi connectivity index (χ4v) is 6.53. The van der Waals surface area contributed by atoms with Gasteiger partial charge in [0, 0.05) is 34.1 Å². The molecule has 4 aromatic rings. The van der Waals surface area contributed by atoms with E-state index in [0.29, 0.717) is 27.0 Å². The zero-order valence-corrected chi connectivity index (χ0v) is 21.8. The molecule has 0 unspecified atom stereocenters. The number of rotatable bonds is 6. The van der Waals surface area contributed by atoms with Crippen LogP contribution in [0.4, 0.5) is 0 Å². The van der Waals surface area contributed by atoms with Crippen LogP contribution in [0.3, 0.4) is 0 Å². The number of allylic oxidation sites excluding steroid dienone is 1. The van der Waals surface area contributed by atoms with Crippen LogP contribution < -0.4 is 14.9 Å². The number of nitrogens with zero attached hydrogens (tertiary/aromatic N) is 3. The third-order valence-corrected chi connectivity index (χ3v) is 8.34. The van der Waals surface area contributed by atoms with Crippen LogP contribution in [0, 0.1) is 6.92 Å². The number of fused-ring (bicyclic) bond motifs is 2. The van der Waals surface area contributed by atoms with Gasteiger partial charge in [-0.15, -0.1) is 11.3 Å². The number of para-hydroxylation sites is 1. The largest absolute Gasteiger partial charge is 0.463 e. The number of ether oxygens (including phenoxy) is 1. The van der Waals surface area contributed by atoms with Crippen molar-refractivity contribution in [1.29, 1.82) is 0 Å². The second-order valence-electron chi connectivity index (χ2n) is 8.50. The predicted octanol–water partition coefficient (Wildman–Crippen LogP) is 4.44. The minimum atomic E-state index is -0.539. The molecule has 3 aromatic heterocycles. The third kappa shape index (κ3) is 3.90. The van der Waals surface area contributed by atoms with E-state index in [1.807, 2.05) is 42.8 Å². The van der Waals surface area contributed by atoms with Crippen molar-refractivity contribution in [3.8, 4) is 0 Å². The molecule has 4 heterocycles. The van der Waals surface area contributed by atoms with Gasteiger partial charge < -0.3 is 9.30 Å². The first-order valence-corrected chi connectivity index (χ1v) is 13.4. The average molecular weight is 506 g/mol. The number of thiophene rings is 1. The van der Waals surface area contributed by atoms with Crippen molar-refractivity contribution in [3.63, 3.8) is 0 Å². The van der Waals surface area contributed by atoms with Gasteiger partial charge in [-0.25, -0.2) is 9.79 Å². The van der Waals surface area contributed by atoms with Crippen LogP contribution in [0.25, 0.3) is 17.0 Å². The summed E-state index contributed by atoms with van der Waals surface area (Å²) in [4.78, 5) is 33.4. The summed E-state index contributed by atoms with van der Waals surface area (Å²) in [6, 6.07) is 11.6. The molecule has 0 aliphatic carbocycles. The minimum absolute atomic E-state index is 0.142. The lowest BCUT2D eigenvalue weighted by Crippen LogP contribution is -2.39. The van der Waals surface area contributed by atoms with Gasteiger partial charge in [-0.2, -0.15) is 0 Å². The fourth-order valence-electron chi connectivity index (χ4n) is 4.70. The number of carbonyl (C=O) groups is 1. The molecular weight excluding hydrogens is 478 g/mol. The lowest BCUT2D eigenvalue weighted by molar-refractivity contribution is -0.139. The number of thiazole rings is 1. The summed E-state index contributed by atoms with van der Waals surface area (Å²) in [5.74, 6) is -0.405. The minimum Gasteiger partial charge on any atom is -0.463 e. The molecule has 180 valence electrons. The van der Waals surface area contributed by atoms with E-state index in [2.05, 4.69) is 30.5 Å². The van der Waals surface area contributed by atoms with Crippen molar-refractivity contribution in [3.05, 3.63) is 88.9 Å². The van der Waals surface area contributed by atoms with Gasteiger partial charge >= 0.3 is 5.97 Å². The molecule has 1 aliphatic rings. The Morgan fingerprint density at radius 3 is 2.71 bits per heavy atom. The van der Waals surface area contributed by atoms with E-state index in [1.165, 1.54) is 22.7 Å². The molecule has 1 atom stereocenters. The Morgan fingerprint density at radius 1 is 1.20 bits per heavy atom. The summed E-state index contributed by atoms with van der Waals surface area (Å²) in [5, 5.41) is 3.07. The normalized spacial score (nSPS) is 16.0. The molecule has 0 radical (unpaired) electrons. The Kier molecular flexibility index (Phi) is 6.34. The maximum absolute atomic E-state index is 13.9. The summed E-state index contributed by atoms with van der Waals surface area (Å²) in [5.41, 5.74) is 4.27. The van der Waals surface area contributed by atoms with Crippen LogP contribution in [0.2, 0.25) is 0 Å². The Morgan fingerprint density at radius 2 is 2.00 bits per heavy atom. The summed E-state index contributed by atoms with van der Waals surface area (Å²) in [6.45, 7) is 6.18. The number of hydrogen-bond acceptors (Lipinski definition) is 6. The lowest BCUT2D eigenvalue weighted by Gasteiger charge is -2.24. The number of esters is 1. The van der Waals surface area contributed by atoms with Crippen LogP contribution in [0.15, 0.2) is 62.8 Å². The highest BCUT2D eigenvalue weighted by Crippen LogP contribution is 2.34. The van der Waals surface area contributed by atoms with Crippen LogP contribution in [-0.4, -0.2) is 21.7 Å². The summed E-state index contributed by atoms with van der Waals surface area (Å²) in [7, 11) is 2.04. The molecule has 6 nitrogen and oxygen atoms in total. The standard InChI is InChI=1S/C27H27N3O3S2/c1-5-10-19-23(26(32)33-6-2)24(21-13-9-14-34-21)30-25(31)22(35-27(30)28-19)15-18-16(3)29(4)20-12-8-7-11-17(18)20/h7-9,11-15,24H,5-6,10H2,1-4H3/b22-15-/t24-/m0/s1. The Labute approximate surface area is 211 Å². The molecule has 1 aromatic carbocycles. The third-order valence-electron chi connectivity index (χ3n) is 6.43. The first kappa shape index (κ1) is 23.5. The van der Waals surface area contributed by atoms with E-state index in [9.17, 15) is 9.59 Å². The first-order valence-electron chi connectivity index (χ1n) is 11.8. The Hall–Kier alpha value is -3.23. The molecule has 0 saturated heterocycles. The van der Waals surface area contributed by atoms with Crippen molar-refractivity contribution in [2.45, 2.75) is 39.7 Å². The van der Waals surface area contributed by atoms with Gasteiger partial charge in [0.2, 0.25) is 0 Å². The maximum Gasteiger partial charge on any atom is 0.338 e. The molecule has 1 aliphatic heterocycles. The number of aromatic nitrogens is 2. The summed E-state index contributed by atoms with van der Waals surface area (Å²) in [6.07, 6.45) is 3.45. The van der Waals surface area contributed by atoms with Crippen molar-refractivity contribution in [2.75, 3.05) is 6.61 Å². The zero-order chi connectivity index (χ0) is 24.7. The van der Waals surface area contributed by atoms with E-state index in [4.69, 9.17) is 9.73 Å². The van der Waals surface area contributed by atoms with Crippen molar-refractivity contribution < 1.29 is 9.53 Å². The highest BCUT2D eigenvalue weighted by Gasteiger charge is 2.34. The highest BCUT2D eigenvalue weighted by molar-refractivity contribution is 7.10. The van der Waals surface area contributed by atoms with E-state index in [-0.39, 0.29) is 12.2 Å². The van der Waals surface area contributed by atoms with Crippen LogP contribution in [0.1, 0.15) is 48.9 Å². The first-order chi connectivity index (χ1) is 17.0. The fraction of sp³-hybridized carbons (Fsp3) is 0.296. The molecule has 0 saturated carbocycles. The second kappa shape index (κ2) is 9.43. The van der Waals surface area contributed by atoms with E-state index in [1.54, 1.807) is 11.5 Å². The van der Waals surface area contributed by atoms with E-state index >= 15 is 0 Å². The van der Waals surface area contributed by atoms with Crippen molar-refractivity contribution in [1.82, 2.24) is 9.13 Å². The lowest BCUT2D eigenvalue weighted by atomic mass is 9.99. The van der Waals surface area contributed by atoms with E-state index < -0.39 is 12.0 Å². The topological polar surface area (TPSA) is 65.6 Å². The molecule has 0 N–H and O–H groups in total. The number of hydrogen-bond donors (Lipinski definition) is 0. The zero-order valence-electron chi connectivity index (χ0n) is 20.2. The Balaban J connectivity index is 1.79. The molecule has 5 rings (SSSR count). The molecule has 8 heteroatoms. The molecule has 0 spiro atoms. The van der Waals surface area contributed by atoms with Gasteiger partial charge in [-0.1, -0.05) is 48.9 Å². The molecular formula is C27H27N3O3S2. The number of benzene rings is 1. The van der Waals surface area contributed by atoms with Gasteiger partial charge in [0.15, 0.2) is 4.80 Å². The SMILES string of the molecule is CCCC1=C(C(=O)OCC)[C@H](c2cccs2)n2c(s/c(=C\c3c(C)n(C)c4ccccc34)c2=O)=N1. The highest BCUT2D eigenvalue weighted by atomic mass is 32.1. The summed E-state index contributed by atoms with van der Waals surface area (Å²) >= 11 is 2.91. The van der Waals surface area contributed by atoms with Crippen molar-refractivity contribution in [2.24, 2.45) is 12.0 Å². The van der Waals surface area contributed by atoms with Gasteiger partial charge in [-0.3, -0.25) is 9.36 Å². The van der Waals surface area contributed by atoms with Crippen molar-refractivity contribution >= 4 is 45.6 Å². The van der Waals surface area contributed by atoms with E-state index in [0.717, 1.165) is 33.5 Å². The maximum atomic E-state index is 13.9. The predicted molar refractivity (Wildman–Crippen MR) is 142 cm³/mol. The van der Waals surface area contributed by atoms with Gasteiger partial charge in [-0.05, 0) is 43.9 Å². The Bertz CT molecular complexity index is 1630. The average Bonchev–Trinajstić information content (AvgIpc) is 3.55. The quantitative estimate of drug-likeness (QED) is 0.364. The number of carbonyl (C=O) groups excluding carboxylic acids is 1. The summed E-state index contributed by atoms with van der Waals surface area (Å²) < 4.78 is 9.86. The van der Waals surface area contributed by atoms with Crippen LogP contribution in [-0.2, 0) is 16.6 Å². The molecule has 35 heavy (non-hydrogen) atoms. The van der Waals surface area contributed by atoms with Gasteiger partial charge in [0.05, 0.1) is 22.4 Å². The molecule has 0 amide bonds. The van der Waals surface area contributed by atoms with Crippen LogP contribution >= 0.6 is 22.7 Å². The van der Waals surface area contributed by atoms with Gasteiger partial charge in [0.25, 0.3) is 5.56 Å². The van der Waals surface area contributed by atoms with Gasteiger partial charge in [0.1, 0.15) is 6.04 Å². The van der Waals surface area contributed by atoms with Crippen LogP contribution in [0.5, 0.6) is 0 Å².